The number of carbonyl (C=O) groups is 2. The zero-order valence-corrected chi connectivity index (χ0v) is 12.2. The Hall–Kier alpha value is -1.92. The van der Waals surface area contributed by atoms with Gasteiger partial charge >= 0.3 is 0 Å². The molecule has 2 unspecified atom stereocenters. The third-order valence-corrected chi connectivity index (χ3v) is 4.64. The first kappa shape index (κ1) is 15.0. The lowest BCUT2D eigenvalue weighted by molar-refractivity contribution is -0.128. The van der Waals surface area contributed by atoms with Gasteiger partial charge < -0.3 is 20.8 Å². The second-order valence-electron chi connectivity index (χ2n) is 6.18. The average Bonchev–Trinajstić information content (AvgIpc) is 3.04. The fourth-order valence-corrected chi connectivity index (χ4v) is 3.34. The van der Waals surface area contributed by atoms with Gasteiger partial charge in [0.15, 0.2) is 0 Å². The molecule has 2 aliphatic rings. The lowest BCUT2D eigenvalue weighted by atomic mass is 9.78. The first-order valence-electron chi connectivity index (χ1n) is 7.50. The number of rotatable bonds is 3. The van der Waals surface area contributed by atoms with Gasteiger partial charge in [-0.25, -0.2) is 0 Å². The second kappa shape index (κ2) is 5.70. The summed E-state index contributed by atoms with van der Waals surface area (Å²) in [6, 6.07) is 8.97. The zero-order valence-electron chi connectivity index (χ0n) is 12.2. The summed E-state index contributed by atoms with van der Waals surface area (Å²) in [5, 5.41) is 24.8. The minimum Gasteiger partial charge on any atom is -0.390 e. The quantitative estimate of drug-likeness (QED) is 0.602. The van der Waals surface area contributed by atoms with Crippen LogP contribution in [0.2, 0.25) is 0 Å². The van der Waals surface area contributed by atoms with Crippen molar-refractivity contribution in [3.63, 3.8) is 0 Å². The number of hydrogen-bond acceptors (Lipinski definition) is 4. The Labute approximate surface area is 128 Å². The molecule has 0 spiro atoms. The summed E-state index contributed by atoms with van der Waals surface area (Å²) in [4.78, 5) is 24.5. The van der Waals surface area contributed by atoms with Gasteiger partial charge in [-0.05, 0) is 18.4 Å². The molecule has 1 aromatic rings. The highest BCUT2D eigenvalue weighted by Crippen LogP contribution is 2.32. The molecule has 1 saturated carbocycles. The van der Waals surface area contributed by atoms with E-state index in [4.69, 9.17) is 0 Å². The van der Waals surface area contributed by atoms with Crippen LogP contribution in [-0.2, 0) is 15.0 Å². The summed E-state index contributed by atoms with van der Waals surface area (Å²) in [5.41, 5.74) is -0.124. The number of benzene rings is 1. The average molecular weight is 304 g/mol. The van der Waals surface area contributed by atoms with Gasteiger partial charge in [0.05, 0.1) is 12.2 Å². The Balaban J connectivity index is 1.81. The summed E-state index contributed by atoms with van der Waals surface area (Å²) < 4.78 is 0. The van der Waals surface area contributed by atoms with Gasteiger partial charge in [-0.15, -0.1) is 0 Å². The van der Waals surface area contributed by atoms with Gasteiger partial charge in [0.2, 0.25) is 11.8 Å². The Bertz CT molecular complexity index is 567. The molecular weight excluding hydrogens is 284 g/mol. The summed E-state index contributed by atoms with van der Waals surface area (Å²) in [7, 11) is 0. The largest absolute Gasteiger partial charge is 0.390 e. The molecule has 2 amide bonds. The van der Waals surface area contributed by atoms with E-state index in [1.165, 1.54) is 0 Å². The topological polar surface area (TPSA) is 98.7 Å². The third-order valence-electron chi connectivity index (χ3n) is 4.64. The van der Waals surface area contributed by atoms with Crippen molar-refractivity contribution in [2.45, 2.75) is 42.9 Å². The fraction of sp³-hybridized carbons (Fsp3) is 0.500. The van der Waals surface area contributed by atoms with Crippen molar-refractivity contribution in [3.05, 3.63) is 35.9 Å². The minimum atomic E-state index is -0.920. The van der Waals surface area contributed by atoms with E-state index in [9.17, 15) is 19.8 Å². The standard InChI is InChI=1S/C16H20N2O4/c19-12-6-11(7-13(12)20)18-15(22)16(8-14(21)17-9-16)10-4-2-1-3-5-10/h1-5,11-13,19-20H,6-9H2,(H,17,21)(H,18,22)/t11?,12-,13+,16?. The predicted molar refractivity (Wildman–Crippen MR) is 78.9 cm³/mol. The summed E-state index contributed by atoms with van der Waals surface area (Å²) in [5.74, 6) is -0.381. The maximum Gasteiger partial charge on any atom is 0.233 e. The van der Waals surface area contributed by atoms with E-state index < -0.39 is 17.6 Å². The highest BCUT2D eigenvalue weighted by Gasteiger charge is 2.47. The molecule has 0 bridgehead atoms. The van der Waals surface area contributed by atoms with Crippen molar-refractivity contribution in [2.24, 2.45) is 0 Å². The van der Waals surface area contributed by atoms with Crippen LogP contribution in [0, 0.1) is 0 Å². The molecule has 4 N–H and O–H groups in total. The van der Waals surface area contributed by atoms with Crippen LogP contribution in [0.3, 0.4) is 0 Å². The molecule has 1 aliphatic heterocycles. The molecular formula is C16H20N2O4. The number of hydrogen-bond donors (Lipinski definition) is 4. The second-order valence-corrected chi connectivity index (χ2v) is 6.18. The molecule has 0 radical (unpaired) electrons. The summed E-state index contributed by atoms with van der Waals surface area (Å²) in [6.45, 7) is 0.263. The van der Waals surface area contributed by atoms with E-state index in [1.807, 2.05) is 30.3 Å². The van der Waals surface area contributed by atoms with Crippen LogP contribution >= 0.6 is 0 Å². The SMILES string of the molecule is O=C1CC(C(=O)NC2C[C@@H](O)[C@@H](O)C2)(c2ccccc2)CN1. The van der Waals surface area contributed by atoms with E-state index in [1.54, 1.807) is 0 Å². The Kier molecular flexibility index (Phi) is 3.88. The van der Waals surface area contributed by atoms with Crippen LogP contribution in [0.1, 0.15) is 24.8 Å². The summed E-state index contributed by atoms with van der Waals surface area (Å²) in [6.07, 6.45) is -0.832. The van der Waals surface area contributed by atoms with Gasteiger partial charge in [0.1, 0.15) is 5.41 Å². The Morgan fingerprint density at radius 3 is 2.36 bits per heavy atom. The van der Waals surface area contributed by atoms with Gasteiger partial charge in [-0.1, -0.05) is 30.3 Å². The molecule has 22 heavy (non-hydrogen) atoms. The predicted octanol–water partition coefficient (Wildman–Crippen LogP) is -0.555. The zero-order chi connectivity index (χ0) is 15.7. The first-order chi connectivity index (χ1) is 10.5. The van der Waals surface area contributed by atoms with Crippen molar-refractivity contribution < 1.29 is 19.8 Å². The molecule has 3 rings (SSSR count). The smallest absolute Gasteiger partial charge is 0.233 e. The monoisotopic (exact) mass is 304 g/mol. The molecule has 0 aromatic heterocycles. The van der Waals surface area contributed by atoms with E-state index >= 15 is 0 Å². The van der Waals surface area contributed by atoms with Gasteiger partial charge in [-0.3, -0.25) is 9.59 Å². The third kappa shape index (κ3) is 2.60. The number of amides is 2. The molecule has 1 aromatic carbocycles. The van der Waals surface area contributed by atoms with Gasteiger partial charge in [-0.2, -0.15) is 0 Å². The van der Waals surface area contributed by atoms with E-state index in [0.29, 0.717) is 12.8 Å². The maximum atomic E-state index is 12.8. The van der Waals surface area contributed by atoms with Gasteiger partial charge in [0, 0.05) is 19.0 Å². The minimum absolute atomic E-state index is 0.112. The van der Waals surface area contributed by atoms with Crippen LogP contribution in [-0.4, -0.2) is 46.8 Å². The Morgan fingerprint density at radius 2 is 1.82 bits per heavy atom. The van der Waals surface area contributed by atoms with E-state index in [-0.39, 0.29) is 30.8 Å². The van der Waals surface area contributed by atoms with Crippen molar-refractivity contribution in [1.82, 2.24) is 10.6 Å². The lowest BCUT2D eigenvalue weighted by Gasteiger charge is -2.28. The fourth-order valence-electron chi connectivity index (χ4n) is 3.34. The van der Waals surface area contributed by atoms with Crippen molar-refractivity contribution >= 4 is 11.8 Å². The molecule has 1 heterocycles. The lowest BCUT2D eigenvalue weighted by Crippen LogP contribution is -2.49. The van der Waals surface area contributed by atoms with Crippen molar-refractivity contribution in [1.29, 1.82) is 0 Å². The number of nitrogens with one attached hydrogen (secondary N) is 2. The first-order valence-corrected chi connectivity index (χ1v) is 7.50. The Morgan fingerprint density at radius 1 is 1.18 bits per heavy atom. The maximum absolute atomic E-state index is 12.8. The van der Waals surface area contributed by atoms with Crippen LogP contribution in [0.4, 0.5) is 0 Å². The molecule has 4 atom stereocenters. The summed E-state index contributed by atoms with van der Waals surface area (Å²) >= 11 is 0. The molecule has 1 aliphatic carbocycles. The number of aliphatic hydroxyl groups is 2. The highest BCUT2D eigenvalue weighted by molar-refractivity contribution is 5.97. The molecule has 2 fully saturated rings. The molecule has 6 heteroatoms. The van der Waals surface area contributed by atoms with E-state index in [0.717, 1.165) is 5.56 Å². The van der Waals surface area contributed by atoms with Crippen molar-refractivity contribution in [3.8, 4) is 0 Å². The molecule has 1 saturated heterocycles. The highest BCUT2D eigenvalue weighted by atomic mass is 16.3. The van der Waals surface area contributed by atoms with Crippen molar-refractivity contribution in [2.75, 3.05) is 6.54 Å². The van der Waals surface area contributed by atoms with Crippen LogP contribution < -0.4 is 10.6 Å². The van der Waals surface area contributed by atoms with E-state index in [2.05, 4.69) is 10.6 Å². The van der Waals surface area contributed by atoms with Crippen LogP contribution in [0.25, 0.3) is 0 Å². The number of carbonyl (C=O) groups excluding carboxylic acids is 2. The van der Waals surface area contributed by atoms with Gasteiger partial charge in [0.25, 0.3) is 0 Å². The van der Waals surface area contributed by atoms with Crippen LogP contribution in [0.5, 0.6) is 0 Å². The normalized spacial score (nSPS) is 34.5. The molecule has 6 nitrogen and oxygen atoms in total. The van der Waals surface area contributed by atoms with Crippen LogP contribution in [0.15, 0.2) is 30.3 Å². The molecule has 118 valence electrons. The number of aliphatic hydroxyl groups excluding tert-OH is 2.